The van der Waals surface area contributed by atoms with Crippen molar-refractivity contribution >= 4 is 17.0 Å². The van der Waals surface area contributed by atoms with Crippen molar-refractivity contribution < 1.29 is 0 Å². The maximum atomic E-state index is 5.02. The van der Waals surface area contributed by atoms with E-state index in [9.17, 15) is 0 Å². The number of benzene rings is 1. The Hall–Kier alpha value is -1.68. The fourth-order valence-corrected chi connectivity index (χ4v) is 4.18. The molecule has 0 aliphatic heterocycles. The molecule has 1 aromatic carbocycles. The van der Waals surface area contributed by atoms with Crippen LogP contribution in [-0.2, 0) is 0 Å². The van der Waals surface area contributed by atoms with E-state index in [-0.39, 0.29) is 0 Å². The van der Waals surface area contributed by atoms with Crippen LogP contribution >= 0.6 is 11.3 Å². The number of nitrogens with zero attached hydrogens (tertiary/aromatic N) is 3. The normalized spacial score (nSPS) is 18.5. The van der Waals surface area contributed by atoms with Crippen molar-refractivity contribution in [3.8, 4) is 11.3 Å². The fourth-order valence-electron chi connectivity index (χ4n) is 3.29. The second kappa shape index (κ2) is 6.32. The van der Waals surface area contributed by atoms with Crippen LogP contribution in [0, 0.1) is 20.8 Å². The van der Waals surface area contributed by atoms with Crippen LogP contribution in [0.15, 0.2) is 27.6 Å². The lowest BCUT2D eigenvalue weighted by Gasteiger charge is -2.11. The van der Waals surface area contributed by atoms with Crippen LogP contribution < -0.4 is 4.80 Å². The van der Waals surface area contributed by atoms with Gasteiger partial charge in [0.05, 0.1) is 11.7 Å². The Balaban J connectivity index is 1.88. The highest BCUT2D eigenvalue weighted by molar-refractivity contribution is 7.07. The van der Waals surface area contributed by atoms with Crippen molar-refractivity contribution in [2.75, 3.05) is 0 Å². The average molecular weight is 340 g/mol. The fraction of sp³-hybridized carbons (Fsp3) is 0.500. The molecule has 24 heavy (non-hydrogen) atoms. The van der Waals surface area contributed by atoms with Crippen molar-refractivity contribution in [2.24, 2.45) is 10.1 Å². The van der Waals surface area contributed by atoms with Crippen LogP contribution in [0.4, 0.5) is 0 Å². The largest absolute Gasteiger partial charge is 0.254 e. The van der Waals surface area contributed by atoms with E-state index in [0.717, 1.165) is 17.6 Å². The zero-order chi connectivity index (χ0) is 16.7. The number of aromatic nitrogens is 1. The molecule has 0 bridgehead atoms. The summed E-state index contributed by atoms with van der Waals surface area (Å²) >= 11 is 1.73. The van der Waals surface area contributed by atoms with Crippen LogP contribution in [0.25, 0.3) is 11.3 Å². The van der Waals surface area contributed by atoms with Gasteiger partial charge in [-0.15, -0.1) is 11.3 Å². The maximum absolute atomic E-state index is 5.02. The lowest BCUT2D eigenvalue weighted by atomic mass is 9.99. The van der Waals surface area contributed by atoms with Gasteiger partial charge in [-0.25, -0.2) is 4.68 Å². The third kappa shape index (κ3) is 3.12. The van der Waals surface area contributed by atoms with Gasteiger partial charge in [-0.3, -0.25) is 4.99 Å². The molecule has 0 radical (unpaired) electrons. The van der Waals surface area contributed by atoms with Crippen molar-refractivity contribution in [3.05, 3.63) is 39.0 Å². The molecule has 1 aromatic heterocycles. The third-order valence-corrected chi connectivity index (χ3v) is 5.89. The minimum absolute atomic E-state index is 0.521. The van der Waals surface area contributed by atoms with Crippen molar-refractivity contribution in [1.82, 2.24) is 4.68 Å². The van der Waals surface area contributed by atoms with Gasteiger partial charge in [-0.2, -0.15) is 5.10 Å². The van der Waals surface area contributed by atoms with Gasteiger partial charge in [0.25, 0.3) is 0 Å². The zero-order valence-electron chi connectivity index (χ0n) is 14.8. The Morgan fingerprint density at radius 2 is 1.71 bits per heavy atom. The smallest absolute Gasteiger partial charge is 0.206 e. The number of aryl methyl sites for hydroxylation is 3. The van der Waals surface area contributed by atoms with Crippen LogP contribution in [-0.4, -0.2) is 16.4 Å². The first-order chi connectivity index (χ1) is 11.6. The standard InChI is InChI=1S/C20H25N3S/c1-13-10-15(3)18(11-14(13)2)19-12-24-20(21-16-8-9-16)23(19)22-17-6-4-5-7-17/h10-12,16H,4-9H2,1-3H3. The summed E-state index contributed by atoms with van der Waals surface area (Å²) in [5.41, 5.74) is 7.81. The molecule has 0 N–H and O–H groups in total. The molecule has 0 saturated heterocycles. The molecule has 126 valence electrons. The molecule has 4 heteroatoms. The molecule has 4 rings (SSSR count). The van der Waals surface area contributed by atoms with Crippen LogP contribution in [0.2, 0.25) is 0 Å². The molecule has 0 spiro atoms. The van der Waals surface area contributed by atoms with Crippen molar-refractivity contribution in [2.45, 2.75) is 65.3 Å². The Labute approximate surface area is 147 Å². The lowest BCUT2D eigenvalue weighted by Crippen LogP contribution is -2.14. The van der Waals surface area contributed by atoms with E-state index in [2.05, 4.69) is 43.0 Å². The molecule has 0 atom stereocenters. The van der Waals surface area contributed by atoms with Gasteiger partial charge in [-0.05, 0) is 82.1 Å². The zero-order valence-corrected chi connectivity index (χ0v) is 15.6. The first-order valence-electron chi connectivity index (χ1n) is 9.01. The summed E-state index contributed by atoms with van der Waals surface area (Å²) in [7, 11) is 0. The molecule has 3 nitrogen and oxygen atoms in total. The molecule has 0 unspecified atom stereocenters. The Morgan fingerprint density at radius 3 is 2.42 bits per heavy atom. The van der Waals surface area contributed by atoms with Gasteiger partial charge in [0.1, 0.15) is 0 Å². The second-order valence-corrected chi connectivity index (χ2v) is 8.04. The molecule has 2 aliphatic carbocycles. The summed E-state index contributed by atoms with van der Waals surface area (Å²) in [6, 6.07) is 5.11. The van der Waals surface area contributed by atoms with E-state index in [1.165, 1.54) is 59.3 Å². The predicted octanol–water partition coefficient (Wildman–Crippen LogP) is 4.98. The summed E-state index contributed by atoms with van der Waals surface area (Å²) < 4.78 is 2.13. The highest BCUT2D eigenvalue weighted by atomic mass is 32.1. The molecular formula is C20H25N3S. The molecule has 0 amide bonds. The summed E-state index contributed by atoms with van der Waals surface area (Å²) in [5.74, 6) is 0. The molecule has 2 aliphatic rings. The monoisotopic (exact) mass is 339 g/mol. The quantitative estimate of drug-likeness (QED) is 0.754. The summed E-state index contributed by atoms with van der Waals surface area (Å²) in [4.78, 5) is 5.96. The van der Waals surface area contributed by atoms with E-state index in [0.29, 0.717) is 6.04 Å². The van der Waals surface area contributed by atoms with Gasteiger partial charge < -0.3 is 0 Å². The first kappa shape index (κ1) is 15.8. The maximum Gasteiger partial charge on any atom is 0.206 e. The summed E-state index contributed by atoms with van der Waals surface area (Å²) in [6.07, 6.45) is 7.28. The van der Waals surface area contributed by atoms with Crippen LogP contribution in [0.1, 0.15) is 55.2 Å². The number of rotatable bonds is 3. The third-order valence-electron chi connectivity index (χ3n) is 5.06. The van der Waals surface area contributed by atoms with E-state index in [1.807, 2.05) is 0 Å². The Morgan fingerprint density at radius 1 is 1.00 bits per heavy atom. The molecule has 1 heterocycles. The number of hydrogen-bond acceptors (Lipinski definition) is 3. The number of thiazole rings is 1. The first-order valence-corrected chi connectivity index (χ1v) is 9.89. The highest BCUT2D eigenvalue weighted by Crippen LogP contribution is 2.29. The molecule has 2 saturated carbocycles. The Bertz CT molecular complexity index is 857. The average Bonchev–Trinajstić information content (AvgIpc) is 3.06. The van der Waals surface area contributed by atoms with Crippen molar-refractivity contribution in [1.29, 1.82) is 0 Å². The van der Waals surface area contributed by atoms with Gasteiger partial charge in [0.15, 0.2) is 0 Å². The minimum atomic E-state index is 0.521. The van der Waals surface area contributed by atoms with Gasteiger partial charge >= 0.3 is 0 Å². The van der Waals surface area contributed by atoms with E-state index >= 15 is 0 Å². The SMILES string of the molecule is Cc1cc(C)c(-c2csc(=NC3CC3)n2N=C2CCCC2)cc1C. The molecule has 2 fully saturated rings. The molecular weight excluding hydrogens is 314 g/mol. The van der Waals surface area contributed by atoms with Gasteiger partial charge in [0, 0.05) is 16.7 Å². The van der Waals surface area contributed by atoms with E-state index in [4.69, 9.17) is 10.1 Å². The van der Waals surface area contributed by atoms with E-state index < -0.39 is 0 Å². The minimum Gasteiger partial charge on any atom is -0.254 e. The summed E-state index contributed by atoms with van der Waals surface area (Å²) in [5, 5.41) is 7.25. The predicted molar refractivity (Wildman–Crippen MR) is 102 cm³/mol. The topological polar surface area (TPSA) is 29.6 Å². The van der Waals surface area contributed by atoms with Crippen molar-refractivity contribution in [3.63, 3.8) is 0 Å². The lowest BCUT2D eigenvalue weighted by molar-refractivity contribution is 0.811. The van der Waals surface area contributed by atoms with Gasteiger partial charge in [0.2, 0.25) is 4.80 Å². The van der Waals surface area contributed by atoms with Crippen LogP contribution in [0.5, 0.6) is 0 Å². The molecule has 2 aromatic rings. The van der Waals surface area contributed by atoms with Gasteiger partial charge in [-0.1, -0.05) is 6.07 Å². The summed E-state index contributed by atoms with van der Waals surface area (Å²) in [6.45, 7) is 6.57. The second-order valence-electron chi connectivity index (χ2n) is 7.20. The number of hydrogen-bond donors (Lipinski definition) is 0. The van der Waals surface area contributed by atoms with Crippen LogP contribution in [0.3, 0.4) is 0 Å². The highest BCUT2D eigenvalue weighted by Gasteiger charge is 2.21. The Kier molecular flexibility index (Phi) is 4.17. The van der Waals surface area contributed by atoms with E-state index in [1.54, 1.807) is 11.3 Å².